The SMILES string of the molecule is CC(C)(C)N1CCO[C@@H]2CCCC[C@@H]21. The van der Waals surface area contributed by atoms with Crippen molar-refractivity contribution in [2.75, 3.05) is 13.2 Å². The molecule has 1 aliphatic heterocycles. The van der Waals surface area contributed by atoms with Crippen molar-refractivity contribution in [3.63, 3.8) is 0 Å². The lowest BCUT2D eigenvalue weighted by molar-refractivity contribution is -0.116. The summed E-state index contributed by atoms with van der Waals surface area (Å²) in [6.07, 6.45) is 5.88. The number of nitrogens with zero attached hydrogens (tertiary/aromatic N) is 1. The summed E-state index contributed by atoms with van der Waals surface area (Å²) < 4.78 is 5.87. The second kappa shape index (κ2) is 3.82. The van der Waals surface area contributed by atoms with Crippen molar-refractivity contribution >= 4 is 0 Å². The number of morpholine rings is 1. The monoisotopic (exact) mass is 197 g/mol. The number of fused-ring (bicyclic) bond motifs is 1. The number of hydrogen-bond donors (Lipinski definition) is 0. The van der Waals surface area contributed by atoms with Crippen molar-refractivity contribution in [1.82, 2.24) is 4.90 Å². The second-order valence-corrected chi connectivity index (χ2v) is 5.63. The van der Waals surface area contributed by atoms with Crippen LogP contribution in [-0.2, 0) is 4.74 Å². The molecule has 0 radical (unpaired) electrons. The third-order valence-electron chi connectivity index (χ3n) is 3.59. The molecule has 1 saturated carbocycles. The van der Waals surface area contributed by atoms with Crippen LogP contribution < -0.4 is 0 Å². The highest BCUT2D eigenvalue weighted by molar-refractivity contribution is 4.92. The molecule has 0 aromatic rings. The topological polar surface area (TPSA) is 12.5 Å². The van der Waals surface area contributed by atoms with E-state index in [-0.39, 0.29) is 0 Å². The zero-order valence-corrected chi connectivity index (χ0v) is 9.75. The molecule has 2 heteroatoms. The molecule has 0 spiro atoms. The molecule has 0 aromatic heterocycles. The first kappa shape index (κ1) is 10.4. The Kier molecular flexibility index (Phi) is 2.85. The molecular weight excluding hydrogens is 174 g/mol. The fourth-order valence-corrected chi connectivity index (χ4v) is 2.93. The average Bonchev–Trinajstić information content (AvgIpc) is 2.15. The predicted molar refractivity (Wildman–Crippen MR) is 58.5 cm³/mol. The van der Waals surface area contributed by atoms with E-state index in [1.54, 1.807) is 0 Å². The van der Waals surface area contributed by atoms with E-state index in [9.17, 15) is 0 Å². The molecule has 0 bridgehead atoms. The zero-order valence-electron chi connectivity index (χ0n) is 9.75. The molecule has 1 saturated heterocycles. The lowest BCUT2D eigenvalue weighted by Gasteiger charge is -2.49. The maximum absolute atomic E-state index is 5.87. The van der Waals surface area contributed by atoms with E-state index in [1.807, 2.05) is 0 Å². The normalized spacial score (nSPS) is 35.4. The van der Waals surface area contributed by atoms with Crippen molar-refractivity contribution in [3.05, 3.63) is 0 Å². The molecule has 0 N–H and O–H groups in total. The molecule has 0 unspecified atom stereocenters. The van der Waals surface area contributed by atoms with Gasteiger partial charge in [0, 0.05) is 18.1 Å². The molecule has 2 atom stereocenters. The molecule has 82 valence electrons. The van der Waals surface area contributed by atoms with Gasteiger partial charge in [0.15, 0.2) is 0 Å². The van der Waals surface area contributed by atoms with Crippen molar-refractivity contribution in [3.8, 4) is 0 Å². The van der Waals surface area contributed by atoms with Gasteiger partial charge in [0.25, 0.3) is 0 Å². The summed E-state index contributed by atoms with van der Waals surface area (Å²) >= 11 is 0. The molecule has 14 heavy (non-hydrogen) atoms. The summed E-state index contributed by atoms with van der Waals surface area (Å²) in [6.45, 7) is 9.01. The van der Waals surface area contributed by atoms with Crippen molar-refractivity contribution in [1.29, 1.82) is 0 Å². The van der Waals surface area contributed by atoms with Gasteiger partial charge in [-0.05, 0) is 33.6 Å². The van der Waals surface area contributed by atoms with Gasteiger partial charge in [-0.15, -0.1) is 0 Å². The van der Waals surface area contributed by atoms with Gasteiger partial charge >= 0.3 is 0 Å². The molecule has 0 amide bonds. The molecular formula is C12H23NO. The van der Waals surface area contributed by atoms with Crippen LogP contribution in [0.5, 0.6) is 0 Å². The smallest absolute Gasteiger partial charge is 0.0731 e. The molecule has 2 rings (SSSR count). The van der Waals surface area contributed by atoms with E-state index >= 15 is 0 Å². The van der Waals surface area contributed by atoms with Crippen LogP contribution in [0.4, 0.5) is 0 Å². The fourth-order valence-electron chi connectivity index (χ4n) is 2.93. The van der Waals surface area contributed by atoms with Crippen LogP contribution in [0.25, 0.3) is 0 Å². The van der Waals surface area contributed by atoms with Crippen LogP contribution in [0.1, 0.15) is 46.5 Å². The Bertz CT molecular complexity index is 195. The Morgan fingerprint density at radius 1 is 1.14 bits per heavy atom. The highest BCUT2D eigenvalue weighted by Crippen LogP contribution is 2.32. The average molecular weight is 197 g/mol. The van der Waals surface area contributed by atoms with E-state index < -0.39 is 0 Å². The maximum atomic E-state index is 5.87. The molecule has 1 aliphatic carbocycles. The first-order valence-electron chi connectivity index (χ1n) is 5.97. The van der Waals surface area contributed by atoms with Crippen LogP contribution in [0.3, 0.4) is 0 Å². The van der Waals surface area contributed by atoms with Gasteiger partial charge in [-0.3, -0.25) is 4.90 Å². The maximum Gasteiger partial charge on any atom is 0.0731 e. The molecule has 2 fully saturated rings. The van der Waals surface area contributed by atoms with Gasteiger partial charge in [0.05, 0.1) is 12.7 Å². The van der Waals surface area contributed by atoms with Crippen LogP contribution in [0.15, 0.2) is 0 Å². The van der Waals surface area contributed by atoms with E-state index in [4.69, 9.17) is 4.74 Å². The first-order valence-corrected chi connectivity index (χ1v) is 5.97. The van der Waals surface area contributed by atoms with E-state index in [1.165, 1.54) is 25.7 Å². The minimum absolute atomic E-state index is 0.310. The van der Waals surface area contributed by atoms with Crippen molar-refractivity contribution in [2.24, 2.45) is 0 Å². The predicted octanol–water partition coefficient (Wildman–Crippen LogP) is 2.43. The summed E-state index contributed by atoms with van der Waals surface area (Å²) in [5.74, 6) is 0. The molecule has 1 heterocycles. The second-order valence-electron chi connectivity index (χ2n) is 5.63. The highest BCUT2D eigenvalue weighted by atomic mass is 16.5. The van der Waals surface area contributed by atoms with E-state index in [0.717, 1.165) is 13.2 Å². The number of ether oxygens (including phenoxy) is 1. The highest BCUT2D eigenvalue weighted by Gasteiger charge is 2.38. The largest absolute Gasteiger partial charge is 0.375 e. The molecule has 2 nitrogen and oxygen atoms in total. The zero-order chi connectivity index (χ0) is 10.2. The summed E-state index contributed by atoms with van der Waals surface area (Å²) in [4.78, 5) is 2.65. The lowest BCUT2D eigenvalue weighted by Crippen LogP contribution is -2.59. The Hall–Kier alpha value is -0.0800. The van der Waals surface area contributed by atoms with Crippen LogP contribution in [-0.4, -0.2) is 35.7 Å². The Labute approximate surface area is 87.6 Å². The third kappa shape index (κ3) is 1.96. The Morgan fingerprint density at radius 2 is 1.86 bits per heavy atom. The summed E-state index contributed by atoms with van der Waals surface area (Å²) in [5.41, 5.74) is 0.310. The quantitative estimate of drug-likeness (QED) is 0.591. The van der Waals surface area contributed by atoms with Crippen molar-refractivity contribution < 1.29 is 4.74 Å². The van der Waals surface area contributed by atoms with Gasteiger partial charge in [-0.1, -0.05) is 12.8 Å². The summed E-state index contributed by atoms with van der Waals surface area (Å²) in [7, 11) is 0. The number of rotatable bonds is 0. The Balaban J connectivity index is 2.09. The molecule has 0 aromatic carbocycles. The van der Waals surface area contributed by atoms with Crippen LogP contribution >= 0.6 is 0 Å². The minimum Gasteiger partial charge on any atom is -0.375 e. The van der Waals surface area contributed by atoms with Gasteiger partial charge < -0.3 is 4.74 Å². The van der Waals surface area contributed by atoms with Gasteiger partial charge in [-0.25, -0.2) is 0 Å². The lowest BCUT2D eigenvalue weighted by atomic mass is 9.87. The van der Waals surface area contributed by atoms with E-state index in [2.05, 4.69) is 25.7 Å². The fraction of sp³-hybridized carbons (Fsp3) is 1.00. The van der Waals surface area contributed by atoms with Crippen LogP contribution in [0, 0.1) is 0 Å². The van der Waals surface area contributed by atoms with Crippen LogP contribution in [0.2, 0.25) is 0 Å². The van der Waals surface area contributed by atoms with E-state index in [0.29, 0.717) is 17.7 Å². The first-order chi connectivity index (χ1) is 6.59. The third-order valence-corrected chi connectivity index (χ3v) is 3.59. The summed E-state index contributed by atoms with van der Waals surface area (Å²) in [5, 5.41) is 0. The Morgan fingerprint density at radius 3 is 2.57 bits per heavy atom. The summed E-state index contributed by atoms with van der Waals surface area (Å²) in [6, 6.07) is 0.692. The standard InChI is InChI=1S/C12H23NO/c1-12(2,3)13-8-9-14-11-7-5-4-6-10(11)13/h10-11H,4-9H2,1-3H3/t10-,11+/m0/s1. The van der Waals surface area contributed by atoms with Gasteiger partial charge in [0.1, 0.15) is 0 Å². The minimum atomic E-state index is 0.310. The molecule has 2 aliphatic rings. The number of hydrogen-bond acceptors (Lipinski definition) is 2. The van der Waals surface area contributed by atoms with Gasteiger partial charge in [0.2, 0.25) is 0 Å². The van der Waals surface area contributed by atoms with Gasteiger partial charge in [-0.2, -0.15) is 0 Å². The van der Waals surface area contributed by atoms with Crippen molar-refractivity contribution in [2.45, 2.75) is 64.1 Å².